The Labute approximate surface area is 172 Å². The first-order valence-electron chi connectivity index (χ1n) is 8.57. The van der Waals surface area contributed by atoms with Gasteiger partial charge in [0.25, 0.3) is 5.91 Å². The van der Waals surface area contributed by atoms with Crippen molar-refractivity contribution in [1.29, 1.82) is 0 Å². The van der Waals surface area contributed by atoms with Crippen LogP contribution in [-0.2, 0) is 25.5 Å². The topological polar surface area (TPSA) is 117 Å². The van der Waals surface area contributed by atoms with E-state index in [0.717, 1.165) is 5.56 Å². The summed E-state index contributed by atoms with van der Waals surface area (Å²) in [5.74, 6) is -1.93. The minimum Gasteiger partial charge on any atom is -0.496 e. The molecule has 2 aromatic rings. The highest BCUT2D eigenvalue weighted by Crippen LogP contribution is 2.29. The Hall–Kier alpha value is -3.26. The highest BCUT2D eigenvalue weighted by atomic mass is 35.5. The first kappa shape index (κ1) is 22.0. The summed E-state index contributed by atoms with van der Waals surface area (Å²) in [4.78, 5) is 36.5. The number of nitrogens with one attached hydrogen (secondary N) is 1. The number of halogens is 1. The van der Waals surface area contributed by atoms with Gasteiger partial charge in [-0.05, 0) is 11.6 Å². The fourth-order valence-electron chi connectivity index (χ4n) is 2.53. The molecule has 2 aromatic carbocycles. The number of rotatable bonds is 8. The van der Waals surface area contributed by atoms with Gasteiger partial charge in [0.2, 0.25) is 0 Å². The average molecular weight is 421 g/mol. The van der Waals surface area contributed by atoms with Crippen molar-refractivity contribution in [2.45, 2.75) is 12.5 Å². The second kappa shape index (κ2) is 10.3. The number of hydrogen-bond donors (Lipinski definition) is 2. The number of nitrogens with two attached hydrogens (primary N) is 1. The van der Waals surface area contributed by atoms with Crippen LogP contribution in [0.2, 0.25) is 5.02 Å². The SMILES string of the molecule is COC(=O)[C@@H](Cc1ccccc1)NC(=O)COC(=O)c1cc(Cl)c(N)cc1OC. The number of esters is 2. The summed E-state index contributed by atoms with van der Waals surface area (Å²) in [5.41, 5.74) is 6.77. The van der Waals surface area contributed by atoms with Crippen molar-refractivity contribution in [3.05, 3.63) is 58.6 Å². The molecule has 0 aliphatic carbocycles. The molecule has 0 aliphatic rings. The highest BCUT2D eigenvalue weighted by Gasteiger charge is 2.23. The molecule has 9 heteroatoms. The van der Waals surface area contributed by atoms with E-state index in [0.29, 0.717) is 0 Å². The maximum Gasteiger partial charge on any atom is 0.342 e. The zero-order valence-electron chi connectivity index (χ0n) is 15.9. The Morgan fingerprint density at radius 3 is 2.45 bits per heavy atom. The lowest BCUT2D eigenvalue weighted by Crippen LogP contribution is -2.44. The summed E-state index contributed by atoms with van der Waals surface area (Å²) in [7, 11) is 2.58. The maximum absolute atomic E-state index is 12.3. The van der Waals surface area contributed by atoms with Crippen LogP contribution in [0.4, 0.5) is 5.69 Å². The summed E-state index contributed by atoms with van der Waals surface area (Å²) < 4.78 is 14.8. The Kier molecular flexibility index (Phi) is 7.85. The molecule has 1 amide bonds. The van der Waals surface area contributed by atoms with Crippen molar-refractivity contribution >= 4 is 35.1 Å². The Morgan fingerprint density at radius 1 is 1.14 bits per heavy atom. The van der Waals surface area contributed by atoms with Crippen LogP contribution < -0.4 is 15.8 Å². The van der Waals surface area contributed by atoms with Gasteiger partial charge in [0.1, 0.15) is 17.4 Å². The summed E-state index contributed by atoms with van der Waals surface area (Å²) in [6.45, 7) is -0.605. The number of methoxy groups -OCH3 is 2. The predicted molar refractivity (Wildman–Crippen MR) is 107 cm³/mol. The molecular weight excluding hydrogens is 400 g/mol. The van der Waals surface area contributed by atoms with E-state index in [1.807, 2.05) is 30.3 Å². The molecule has 0 aromatic heterocycles. The van der Waals surface area contributed by atoms with E-state index < -0.39 is 30.5 Å². The summed E-state index contributed by atoms with van der Waals surface area (Å²) in [5, 5.41) is 2.65. The van der Waals surface area contributed by atoms with E-state index in [1.165, 1.54) is 26.4 Å². The molecule has 0 fully saturated rings. The molecule has 0 heterocycles. The largest absolute Gasteiger partial charge is 0.496 e. The second-order valence-corrected chi connectivity index (χ2v) is 6.39. The van der Waals surface area contributed by atoms with E-state index in [2.05, 4.69) is 5.32 Å². The third-order valence-corrected chi connectivity index (χ3v) is 4.30. The van der Waals surface area contributed by atoms with Gasteiger partial charge < -0.3 is 25.3 Å². The monoisotopic (exact) mass is 420 g/mol. The normalized spacial score (nSPS) is 11.3. The predicted octanol–water partition coefficient (Wildman–Crippen LogP) is 1.99. The number of hydrogen-bond acceptors (Lipinski definition) is 7. The molecule has 3 N–H and O–H groups in total. The number of carbonyl (C=O) groups is 3. The third kappa shape index (κ3) is 6.11. The van der Waals surface area contributed by atoms with Gasteiger partial charge in [-0.3, -0.25) is 4.79 Å². The molecule has 0 aliphatic heterocycles. The quantitative estimate of drug-likeness (QED) is 0.495. The zero-order valence-corrected chi connectivity index (χ0v) is 16.7. The summed E-state index contributed by atoms with van der Waals surface area (Å²) in [6, 6.07) is 10.9. The number of carbonyl (C=O) groups excluding carboxylic acids is 3. The minimum absolute atomic E-state index is 0.0216. The Morgan fingerprint density at radius 2 is 1.83 bits per heavy atom. The number of amides is 1. The fourth-order valence-corrected chi connectivity index (χ4v) is 2.69. The molecule has 29 heavy (non-hydrogen) atoms. The molecule has 0 saturated heterocycles. The highest BCUT2D eigenvalue weighted by molar-refractivity contribution is 6.33. The van der Waals surface area contributed by atoms with Crippen molar-refractivity contribution < 1.29 is 28.6 Å². The number of nitrogen functional groups attached to an aromatic ring is 1. The molecule has 1 atom stereocenters. The Bertz CT molecular complexity index is 888. The van der Waals surface area contributed by atoms with Crippen LogP contribution >= 0.6 is 11.6 Å². The molecule has 2 rings (SSSR count). The molecule has 0 unspecified atom stereocenters. The van der Waals surface area contributed by atoms with Gasteiger partial charge in [-0.2, -0.15) is 0 Å². The first-order chi connectivity index (χ1) is 13.8. The van der Waals surface area contributed by atoms with Gasteiger partial charge in [0.15, 0.2) is 6.61 Å². The van der Waals surface area contributed by atoms with Crippen molar-refractivity contribution in [2.75, 3.05) is 26.6 Å². The van der Waals surface area contributed by atoms with Gasteiger partial charge in [-0.1, -0.05) is 41.9 Å². The first-order valence-corrected chi connectivity index (χ1v) is 8.94. The number of ether oxygens (including phenoxy) is 3. The van der Waals surface area contributed by atoms with E-state index in [9.17, 15) is 14.4 Å². The lowest BCUT2D eigenvalue weighted by molar-refractivity contribution is -0.145. The van der Waals surface area contributed by atoms with Gasteiger partial charge in [0.05, 0.1) is 24.9 Å². The minimum atomic E-state index is -0.922. The molecule has 0 bridgehead atoms. The fraction of sp³-hybridized carbons (Fsp3) is 0.250. The molecule has 8 nitrogen and oxygen atoms in total. The van der Waals surface area contributed by atoms with E-state index >= 15 is 0 Å². The lowest BCUT2D eigenvalue weighted by Gasteiger charge is -2.17. The van der Waals surface area contributed by atoms with E-state index in [4.69, 9.17) is 31.5 Å². The van der Waals surface area contributed by atoms with Crippen LogP contribution in [0.25, 0.3) is 0 Å². The second-order valence-electron chi connectivity index (χ2n) is 5.98. The van der Waals surface area contributed by atoms with Crippen molar-refractivity contribution in [2.24, 2.45) is 0 Å². The summed E-state index contributed by atoms with van der Waals surface area (Å²) in [6.07, 6.45) is 0.231. The van der Waals surface area contributed by atoms with Crippen LogP contribution in [0, 0.1) is 0 Å². The van der Waals surface area contributed by atoms with Gasteiger partial charge in [-0.25, -0.2) is 9.59 Å². The van der Waals surface area contributed by atoms with E-state index in [-0.39, 0.29) is 28.4 Å². The molecule has 0 radical (unpaired) electrons. The van der Waals surface area contributed by atoms with Crippen molar-refractivity contribution in [3.8, 4) is 5.75 Å². The van der Waals surface area contributed by atoms with Gasteiger partial charge >= 0.3 is 11.9 Å². The maximum atomic E-state index is 12.3. The molecular formula is C20H21ClN2O6. The Balaban J connectivity index is 2.00. The van der Waals surface area contributed by atoms with Crippen LogP contribution in [0.1, 0.15) is 15.9 Å². The van der Waals surface area contributed by atoms with Gasteiger partial charge in [0, 0.05) is 12.5 Å². The molecule has 0 spiro atoms. The van der Waals surface area contributed by atoms with Crippen LogP contribution in [0.5, 0.6) is 5.75 Å². The molecule has 0 saturated carbocycles. The lowest BCUT2D eigenvalue weighted by atomic mass is 10.1. The standard InChI is InChI=1S/C20H21ClN2O6/c1-27-17-10-15(22)14(21)9-13(17)19(25)29-11-18(24)23-16(20(26)28-2)8-12-6-4-3-5-7-12/h3-7,9-10,16H,8,11,22H2,1-2H3,(H,23,24)/t16-/m1/s1. The van der Waals surface area contributed by atoms with Crippen LogP contribution in [-0.4, -0.2) is 44.7 Å². The molecule has 154 valence electrons. The van der Waals surface area contributed by atoms with Crippen LogP contribution in [0.15, 0.2) is 42.5 Å². The summed E-state index contributed by atoms with van der Waals surface area (Å²) >= 11 is 5.93. The smallest absolute Gasteiger partial charge is 0.342 e. The third-order valence-electron chi connectivity index (χ3n) is 3.98. The average Bonchev–Trinajstić information content (AvgIpc) is 2.73. The van der Waals surface area contributed by atoms with Crippen LogP contribution in [0.3, 0.4) is 0 Å². The van der Waals surface area contributed by atoms with Gasteiger partial charge in [-0.15, -0.1) is 0 Å². The van der Waals surface area contributed by atoms with Crippen molar-refractivity contribution in [3.63, 3.8) is 0 Å². The zero-order chi connectivity index (χ0) is 21.4. The van der Waals surface area contributed by atoms with Crippen molar-refractivity contribution in [1.82, 2.24) is 5.32 Å². The number of anilines is 1. The van der Waals surface area contributed by atoms with E-state index in [1.54, 1.807) is 0 Å². The number of benzene rings is 2.